The molecule has 35 heavy (non-hydrogen) atoms. The van der Waals surface area contributed by atoms with Crippen LogP contribution in [0.3, 0.4) is 0 Å². The molecule has 0 fully saturated rings. The lowest BCUT2D eigenvalue weighted by atomic mass is 9.95. The Balaban J connectivity index is 1.73. The number of aliphatic hydroxyl groups is 1. The molecule has 2 heterocycles. The van der Waals surface area contributed by atoms with Gasteiger partial charge in [-0.15, -0.1) is 11.3 Å². The molecule has 1 N–H and O–H groups in total. The lowest BCUT2D eigenvalue weighted by Gasteiger charge is -2.27. The molecule has 0 aliphatic carbocycles. The van der Waals surface area contributed by atoms with Crippen molar-refractivity contribution in [2.24, 2.45) is 0 Å². The highest BCUT2D eigenvalue weighted by Crippen LogP contribution is 2.42. The van der Waals surface area contributed by atoms with Gasteiger partial charge in [-0.3, -0.25) is 9.59 Å². The first kappa shape index (κ1) is 24.5. The molecule has 0 spiro atoms. The molecule has 3 aromatic rings. The predicted octanol–water partition coefficient (Wildman–Crippen LogP) is 6.10. The van der Waals surface area contributed by atoms with E-state index in [4.69, 9.17) is 9.47 Å². The van der Waals surface area contributed by atoms with Crippen LogP contribution in [0.1, 0.15) is 53.0 Å². The maximum absolute atomic E-state index is 13.4. The van der Waals surface area contributed by atoms with Gasteiger partial charge in [0, 0.05) is 6.54 Å². The van der Waals surface area contributed by atoms with Crippen molar-refractivity contribution in [1.82, 2.24) is 4.90 Å². The summed E-state index contributed by atoms with van der Waals surface area (Å²) in [6, 6.07) is 17.6. The average molecular weight is 492 g/mol. The zero-order valence-electron chi connectivity index (χ0n) is 19.9. The third-order valence-corrected chi connectivity index (χ3v) is 6.87. The van der Waals surface area contributed by atoms with Crippen LogP contribution >= 0.6 is 11.3 Å². The molecule has 182 valence electrons. The molecule has 1 atom stereocenters. The van der Waals surface area contributed by atoms with Gasteiger partial charge in [0.05, 0.1) is 30.2 Å². The minimum atomic E-state index is -0.764. The zero-order chi connectivity index (χ0) is 24.8. The fraction of sp³-hybridized carbons (Fsp3) is 0.286. The first-order valence-electron chi connectivity index (χ1n) is 11.7. The lowest BCUT2D eigenvalue weighted by molar-refractivity contribution is -0.130. The summed E-state index contributed by atoms with van der Waals surface area (Å²) in [5, 5.41) is 12.7. The van der Waals surface area contributed by atoms with Crippen LogP contribution in [0, 0.1) is 0 Å². The number of nitrogens with zero attached hydrogens (tertiary/aromatic N) is 1. The molecule has 2 aromatic carbocycles. The van der Waals surface area contributed by atoms with E-state index in [1.807, 2.05) is 36.4 Å². The van der Waals surface area contributed by atoms with Crippen molar-refractivity contribution < 1.29 is 24.2 Å². The van der Waals surface area contributed by atoms with Crippen LogP contribution in [0.2, 0.25) is 0 Å². The second kappa shape index (κ2) is 11.2. The number of thiophene rings is 1. The van der Waals surface area contributed by atoms with E-state index >= 15 is 0 Å². The predicted molar refractivity (Wildman–Crippen MR) is 136 cm³/mol. The molecule has 0 radical (unpaired) electrons. The normalized spacial score (nSPS) is 15.5. The van der Waals surface area contributed by atoms with Crippen molar-refractivity contribution in [2.75, 3.05) is 13.7 Å². The quantitative estimate of drug-likeness (QED) is 0.259. The Hall–Kier alpha value is -3.58. The van der Waals surface area contributed by atoms with Crippen molar-refractivity contribution in [3.8, 4) is 11.5 Å². The summed E-state index contributed by atoms with van der Waals surface area (Å²) in [7, 11) is 1.56. The first-order valence-corrected chi connectivity index (χ1v) is 12.6. The second-order valence-corrected chi connectivity index (χ2v) is 9.30. The molecule has 0 saturated heterocycles. The van der Waals surface area contributed by atoms with Gasteiger partial charge >= 0.3 is 0 Å². The van der Waals surface area contributed by atoms with Gasteiger partial charge in [-0.2, -0.15) is 0 Å². The number of ketones is 1. The number of Topliss-reactive ketones (excluding diaryl/α,β-unsaturated/α-hetero) is 1. The summed E-state index contributed by atoms with van der Waals surface area (Å²) in [5.74, 6) is -0.322. The fourth-order valence-electron chi connectivity index (χ4n) is 4.22. The number of hydrogen-bond acceptors (Lipinski definition) is 6. The standard InChI is InChI=1S/C28H29NO5S/c1-3-4-8-15-34-21-14-13-20(17-22(21)33-2)25-24(26(30)23-12-9-16-35-23)27(31)28(32)29(25)18-19-10-6-5-7-11-19/h5-7,9-14,16-17,25,31H,3-4,8,15,18H2,1-2H3. The highest BCUT2D eigenvalue weighted by atomic mass is 32.1. The van der Waals surface area contributed by atoms with Gasteiger partial charge in [-0.05, 0) is 41.1 Å². The van der Waals surface area contributed by atoms with Crippen LogP contribution in [-0.2, 0) is 11.3 Å². The minimum absolute atomic E-state index is 0.0760. The van der Waals surface area contributed by atoms with Crippen LogP contribution in [0.25, 0.3) is 0 Å². The number of ether oxygens (including phenoxy) is 2. The molecule has 1 aromatic heterocycles. The van der Waals surface area contributed by atoms with Gasteiger partial charge in [0.1, 0.15) is 0 Å². The Morgan fingerprint density at radius 2 is 1.86 bits per heavy atom. The molecule has 6 nitrogen and oxygen atoms in total. The highest BCUT2D eigenvalue weighted by molar-refractivity contribution is 7.12. The number of methoxy groups -OCH3 is 1. The molecular formula is C28H29NO5S. The zero-order valence-corrected chi connectivity index (χ0v) is 20.7. The molecule has 1 aliphatic heterocycles. The number of amides is 1. The van der Waals surface area contributed by atoms with Crippen LogP contribution in [0.5, 0.6) is 11.5 Å². The molecule has 4 rings (SSSR count). The third-order valence-electron chi connectivity index (χ3n) is 6.00. The number of hydrogen-bond donors (Lipinski definition) is 1. The maximum Gasteiger partial charge on any atom is 0.290 e. The molecular weight excluding hydrogens is 462 g/mol. The number of rotatable bonds is 11. The average Bonchev–Trinajstić information content (AvgIpc) is 3.50. The van der Waals surface area contributed by atoms with Crippen molar-refractivity contribution in [1.29, 1.82) is 0 Å². The van der Waals surface area contributed by atoms with E-state index in [9.17, 15) is 14.7 Å². The Labute approximate surface area is 209 Å². The summed E-state index contributed by atoms with van der Waals surface area (Å²) < 4.78 is 11.5. The van der Waals surface area contributed by atoms with Crippen molar-refractivity contribution in [2.45, 2.75) is 38.8 Å². The van der Waals surface area contributed by atoms with E-state index in [2.05, 4.69) is 6.92 Å². The van der Waals surface area contributed by atoms with Gasteiger partial charge in [0.25, 0.3) is 5.91 Å². The van der Waals surface area contributed by atoms with E-state index < -0.39 is 17.7 Å². The number of unbranched alkanes of at least 4 members (excludes halogenated alkanes) is 2. The maximum atomic E-state index is 13.4. The fourth-order valence-corrected chi connectivity index (χ4v) is 4.90. The van der Waals surface area contributed by atoms with E-state index in [1.165, 1.54) is 16.2 Å². The minimum Gasteiger partial charge on any atom is -0.503 e. The van der Waals surface area contributed by atoms with Crippen molar-refractivity contribution in [3.63, 3.8) is 0 Å². The largest absolute Gasteiger partial charge is 0.503 e. The summed E-state index contributed by atoms with van der Waals surface area (Å²) in [5.41, 5.74) is 1.63. The van der Waals surface area contributed by atoms with Gasteiger partial charge in [-0.25, -0.2) is 0 Å². The van der Waals surface area contributed by atoms with Gasteiger partial charge in [-0.1, -0.05) is 62.2 Å². The van der Waals surface area contributed by atoms with Gasteiger partial charge in [0.15, 0.2) is 17.3 Å². The summed E-state index contributed by atoms with van der Waals surface area (Å²) in [6.07, 6.45) is 3.13. The van der Waals surface area contributed by atoms with E-state index in [0.29, 0.717) is 28.5 Å². The van der Waals surface area contributed by atoms with Crippen LogP contribution < -0.4 is 9.47 Å². The smallest absolute Gasteiger partial charge is 0.290 e. The van der Waals surface area contributed by atoms with Crippen molar-refractivity contribution in [3.05, 3.63) is 93.4 Å². The molecule has 7 heteroatoms. The number of aliphatic hydroxyl groups excluding tert-OH is 1. The number of carbonyl (C=O) groups is 2. The van der Waals surface area contributed by atoms with Gasteiger partial charge < -0.3 is 19.5 Å². The summed E-state index contributed by atoms with van der Waals surface area (Å²) >= 11 is 1.28. The monoisotopic (exact) mass is 491 g/mol. The number of carbonyl (C=O) groups excluding carboxylic acids is 2. The van der Waals surface area contributed by atoms with Crippen LogP contribution in [0.4, 0.5) is 0 Å². The van der Waals surface area contributed by atoms with Gasteiger partial charge in [0.2, 0.25) is 5.78 Å². The van der Waals surface area contributed by atoms with Crippen LogP contribution in [0.15, 0.2) is 77.4 Å². The van der Waals surface area contributed by atoms with Crippen LogP contribution in [-0.4, -0.2) is 35.4 Å². The van der Waals surface area contributed by atoms with Crippen molar-refractivity contribution >= 4 is 23.0 Å². The first-order chi connectivity index (χ1) is 17.0. The Morgan fingerprint density at radius 3 is 2.54 bits per heavy atom. The Bertz CT molecular complexity index is 1200. The molecule has 1 aliphatic rings. The molecule has 0 saturated carbocycles. The number of benzene rings is 2. The molecule has 0 bridgehead atoms. The topological polar surface area (TPSA) is 76.1 Å². The third kappa shape index (κ3) is 5.25. The lowest BCUT2D eigenvalue weighted by Crippen LogP contribution is -2.30. The SMILES string of the molecule is CCCCCOc1ccc(C2C(C(=O)c3cccs3)=C(O)C(=O)N2Cc2ccccc2)cc1OC. The summed E-state index contributed by atoms with van der Waals surface area (Å²) in [6.45, 7) is 2.96. The summed E-state index contributed by atoms with van der Waals surface area (Å²) in [4.78, 5) is 28.6. The van der Waals surface area contributed by atoms with E-state index in [-0.39, 0.29) is 17.9 Å². The Kier molecular flexibility index (Phi) is 7.87. The van der Waals surface area contributed by atoms with E-state index in [1.54, 1.807) is 36.8 Å². The highest BCUT2D eigenvalue weighted by Gasteiger charge is 2.44. The van der Waals surface area contributed by atoms with E-state index in [0.717, 1.165) is 24.8 Å². The Morgan fingerprint density at radius 1 is 1.06 bits per heavy atom. The second-order valence-electron chi connectivity index (χ2n) is 8.36. The molecule has 1 amide bonds. The molecule has 1 unspecified atom stereocenters.